The van der Waals surface area contributed by atoms with Crippen molar-refractivity contribution in [3.63, 3.8) is 0 Å². The minimum atomic E-state index is -0.670. The molecule has 0 amide bonds. The highest BCUT2D eigenvalue weighted by Crippen LogP contribution is 2.32. The molecule has 0 aliphatic heterocycles. The van der Waals surface area contributed by atoms with Gasteiger partial charge in [0.05, 0.1) is 11.6 Å². The highest BCUT2D eigenvalue weighted by molar-refractivity contribution is 5.89. The maximum atomic E-state index is 13.4. The highest BCUT2D eigenvalue weighted by atomic mass is 19.1. The maximum Gasteiger partial charge on any atom is 0.226 e. The molecule has 1 aromatic carbocycles. The van der Waals surface area contributed by atoms with Gasteiger partial charge in [-0.3, -0.25) is 4.68 Å². The summed E-state index contributed by atoms with van der Waals surface area (Å²) in [6.45, 7) is 0.560. The number of nitrogens with two attached hydrogens (primary N) is 1. The lowest BCUT2D eigenvalue weighted by molar-refractivity contribution is 0.584. The van der Waals surface area contributed by atoms with Gasteiger partial charge < -0.3 is 16.4 Å². The molecule has 0 radical (unpaired) electrons. The van der Waals surface area contributed by atoms with E-state index in [2.05, 4.69) is 25.7 Å². The number of nitrogens with zero attached hydrogens (tertiary/aromatic N) is 4. The Morgan fingerprint density at radius 1 is 1.20 bits per heavy atom. The first-order valence-corrected chi connectivity index (χ1v) is 7.88. The Morgan fingerprint density at radius 3 is 2.60 bits per heavy atom. The van der Waals surface area contributed by atoms with Crippen LogP contribution >= 0.6 is 0 Å². The molecule has 3 aromatic rings. The van der Waals surface area contributed by atoms with Gasteiger partial charge in [-0.05, 0) is 25.0 Å². The molecule has 1 fully saturated rings. The van der Waals surface area contributed by atoms with E-state index in [9.17, 15) is 8.78 Å². The van der Waals surface area contributed by atoms with Crippen molar-refractivity contribution >= 4 is 28.5 Å². The van der Waals surface area contributed by atoms with E-state index < -0.39 is 11.6 Å². The van der Waals surface area contributed by atoms with Crippen LogP contribution in [0.25, 0.3) is 11.0 Å². The van der Waals surface area contributed by atoms with Crippen LogP contribution in [0.1, 0.15) is 12.8 Å². The fraction of sp³-hybridized carbons (Fsp3) is 0.312. The predicted octanol–water partition coefficient (Wildman–Crippen LogP) is 2.29. The number of fused-ring (bicyclic) bond motifs is 1. The second-order valence-electron chi connectivity index (χ2n) is 6.40. The Kier molecular flexibility index (Phi) is 3.53. The summed E-state index contributed by atoms with van der Waals surface area (Å²) in [4.78, 5) is 8.85. The second-order valence-corrected chi connectivity index (χ2v) is 6.40. The SMILES string of the molecule is Cn1ncc2c(Nc3cc(F)cc(F)c3)nc(NCC3(N)CC3)nc21. The largest absolute Gasteiger partial charge is 0.352 e. The smallest absolute Gasteiger partial charge is 0.226 e. The van der Waals surface area contributed by atoms with Crippen LogP contribution in [0, 0.1) is 11.6 Å². The third-order valence-corrected chi connectivity index (χ3v) is 4.21. The summed E-state index contributed by atoms with van der Waals surface area (Å²) in [7, 11) is 1.76. The molecule has 7 nitrogen and oxygen atoms in total. The van der Waals surface area contributed by atoms with Crippen LogP contribution in [0.5, 0.6) is 0 Å². The van der Waals surface area contributed by atoms with Crippen molar-refractivity contribution in [3.05, 3.63) is 36.0 Å². The zero-order valence-electron chi connectivity index (χ0n) is 13.6. The van der Waals surface area contributed by atoms with Gasteiger partial charge in [-0.2, -0.15) is 15.1 Å². The molecule has 1 saturated carbocycles. The van der Waals surface area contributed by atoms with Gasteiger partial charge in [-0.1, -0.05) is 0 Å². The molecule has 4 rings (SSSR count). The molecule has 1 aliphatic rings. The van der Waals surface area contributed by atoms with Crippen molar-refractivity contribution in [2.45, 2.75) is 18.4 Å². The topological polar surface area (TPSA) is 93.7 Å². The van der Waals surface area contributed by atoms with Gasteiger partial charge in [0.15, 0.2) is 5.65 Å². The molecule has 2 aromatic heterocycles. The molecule has 25 heavy (non-hydrogen) atoms. The molecule has 0 atom stereocenters. The van der Waals surface area contributed by atoms with E-state index in [0.717, 1.165) is 18.9 Å². The number of hydrogen-bond acceptors (Lipinski definition) is 6. The first-order chi connectivity index (χ1) is 11.9. The minimum absolute atomic E-state index is 0.204. The zero-order chi connectivity index (χ0) is 17.6. The minimum Gasteiger partial charge on any atom is -0.352 e. The number of benzene rings is 1. The Bertz CT molecular complexity index is 929. The van der Waals surface area contributed by atoms with Crippen molar-refractivity contribution in [1.82, 2.24) is 19.7 Å². The molecule has 1 aliphatic carbocycles. The van der Waals surface area contributed by atoms with Crippen LogP contribution in [-0.2, 0) is 7.05 Å². The fourth-order valence-corrected chi connectivity index (χ4v) is 2.55. The Balaban J connectivity index is 1.70. The first kappa shape index (κ1) is 15.7. The molecule has 2 heterocycles. The Labute approximate surface area is 142 Å². The Morgan fingerprint density at radius 2 is 1.92 bits per heavy atom. The molecule has 0 unspecified atom stereocenters. The van der Waals surface area contributed by atoms with E-state index in [1.54, 1.807) is 17.9 Å². The van der Waals surface area contributed by atoms with Crippen LogP contribution in [0.2, 0.25) is 0 Å². The maximum absolute atomic E-state index is 13.4. The number of rotatable bonds is 5. The molecule has 9 heteroatoms. The van der Waals surface area contributed by atoms with Gasteiger partial charge in [0, 0.05) is 30.9 Å². The molecule has 130 valence electrons. The number of nitrogens with one attached hydrogen (secondary N) is 2. The van der Waals surface area contributed by atoms with Gasteiger partial charge in [-0.15, -0.1) is 0 Å². The first-order valence-electron chi connectivity index (χ1n) is 7.88. The molecular weight excluding hydrogens is 328 g/mol. The highest BCUT2D eigenvalue weighted by Gasteiger charge is 2.38. The average Bonchev–Trinajstić information content (AvgIpc) is 3.16. The zero-order valence-corrected chi connectivity index (χ0v) is 13.6. The van der Waals surface area contributed by atoms with Crippen molar-refractivity contribution < 1.29 is 8.78 Å². The van der Waals surface area contributed by atoms with E-state index in [4.69, 9.17) is 5.73 Å². The lowest BCUT2D eigenvalue weighted by atomic mass is 10.3. The van der Waals surface area contributed by atoms with Gasteiger partial charge in [0.2, 0.25) is 5.95 Å². The number of hydrogen-bond donors (Lipinski definition) is 3. The van der Waals surface area contributed by atoms with Crippen LogP contribution < -0.4 is 16.4 Å². The van der Waals surface area contributed by atoms with E-state index in [1.807, 2.05) is 0 Å². The number of halogens is 2. The van der Waals surface area contributed by atoms with E-state index >= 15 is 0 Å². The van der Waals surface area contributed by atoms with Gasteiger partial charge in [0.25, 0.3) is 0 Å². The number of aromatic nitrogens is 4. The van der Waals surface area contributed by atoms with Gasteiger partial charge in [0.1, 0.15) is 17.5 Å². The van der Waals surface area contributed by atoms with Crippen molar-refractivity contribution in [1.29, 1.82) is 0 Å². The third kappa shape index (κ3) is 3.22. The van der Waals surface area contributed by atoms with E-state index in [0.29, 0.717) is 29.3 Å². The fourth-order valence-electron chi connectivity index (χ4n) is 2.55. The van der Waals surface area contributed by atoms with E-state index in [1.165, 1.54) is 12.1 Å². The summed E-state index contributed by atoms with van der Waals surface area (Å²) in [5, 5.41) is 10.9. The van der Waals surface area contributed by atoms with Crippen LogP contribution in [-0.4, -0.2) is 31.8 Å². The standard InChI is InChI=1S/C16H17F2N7/c1-25-14-12(7-21-25)13(22-11-5-9(17)4-10(18)6-11)23-15(24-14)20-8-16(19)2-3-16/h4-7H,2-3,8,19H2,1H3,(H2,20,22,23,24). The predicted molar refractivity (Wildman–Crippen MR) is 90.6 cm³/mol. The third-order valence-electron chi connectivity index (χ3n) is 4.21. The van der Waals surface area contributed by atoms with E-state index in [-0.39, 0.29) is 11.2 Å². The molecule has 0 saturated heterocycles. The van der Waals surface area contributed by atoms with Crippen molar-refractivity contribution in [2.75, 3.05) is 17.2 Å². The summed E-state index contributed by atoms with van der Waals surface area (Å²) in [5.41, 5.74) is 6.72. The monoisotopic (exact) mass is 345 g/mol. The second kappa shape index (κ2) is 5.62. The Hall–Kier alpha value is -2.81. The summed E-state index contributed by atoms with van der Waals surface area (Å²) in [6, 6.07) is 3.20. The normalized spacial score (nSPS) is 15.4. The summed E-state index contributed by atoms with van der Waals surface area (Å²) in [5.74, 6) is -0.549. The van der Waals surface area contributed by atoms with Crippen LogP contribution in [0.15, 0.2) is 24.4 Å². The van der Waals surface area contributed by atoms with Crippen molar-refractivity contribution in [2.24, 2.45) is 12.8 Å². The average molecular weight is 345 g/mol. The molecule has 4 N–H and O–H groups in total. The van der Waals surface area contributed by atoms with Crippen LogP contribution in [0.3, 0.4) is 0 Å². The lowest BCUT2D eigenvalue weighted by Gasteiger charge is -2.13. The quantitative estimate of drug-likeness (QED) is 0.657. The summed E-state index contributed by atoms with van der Waals surface area (Å²) >= 11 is 0. The molecular formula is C16H17F2N7. The van der Waals surface area contributed by atoms with Crippen molar-refractivity contribution in [3.8, 4) is 0 Å². The summed E-state index contributed by atoms with van der Waals surface area (Å²) in [6.07, 6.45) is 3.52. The number of aryl methyl sites for hydroxylation is 1. The van der Waals surface area contributed by atoms with Gasteiger partial charge >= 0.3 is 0 Å². The van der Waals surface area contributed by atoms with Crippen LogP contribution in [0.4, 0.5) is 26.2 Å². The molecule has 0 spiro atoms. The molecule has 0 bridgehead atoms. The summed E-state index contributed by atoms with van der Waals surface area (Å²) < 4.78 is 28.5. The van der Waals surface area contributed by atoms with Gasteiger partial charge in [-0.25, -0.2) is 8.78 Å². The number of anilines is 3. The lowest BCUT2D eigenvalue weighted by Crippen LogP contribution is -2.31.